The van der Waals surface area contributed by atoms with Gasteiger partial charge < -0.3 is 10.6 Å². The van der Waals surface area contributed by atoms with E-state index < -0.39 is 0 Å². The molecule has 0 fully saturated rings. The molecule has 2 aromatic carbocycles. The van der Waals surface area contributed by atoms with E-state index in [1.807, 2.05) is 43.1 Å². The molecule has 0 aliphatic heterocycles. The van der Waals surface area contributed by atoms with Gasteiger partial charge in [0.1, 0.15) is 5.82 Å². The van der Waals surface area contributed by atoms with Crippen LogP contribution in [0.1, 0.15) is 11.1 Å². The standard InChI is InChI=1S/C15H17FN2/c1-11-5-3-8-14(17)15(11)18(2)10-12-6-4-7-13(16)9-12/h3-9H,10,17H2,1-2H3. The van der Waals surface area contributed by atoms with E-state index in [2.05, 4.69) is 0 Å². The van der Waals surface area contributed by atoms with E-state index in [1.165, 1.54) is 6.07 Å². The second kappa shape index (κ2) is 5.08. The van der Waals surface area contributed by atoms with Gasteiger partial charge in [0.2, 0.25) is 0 Å². The molecular weight excluding hydrogens is 227 g/mol. The van der Waals surface area contributed by atoms with Gasteiger partial charge in [0.15, 0.2) is 0 Å². The third-order valence-corrected chi connectivity index (χ3v) is 2.96. The van der Waals surface area contributed by atoms with E-state index >= 15 is 0 Å². The van der Waals surface area contributed by atoms with Crippen LogP contribution in [0.2, 0.25) is 0 Å². The molecule has 0 bridgehead atoms. The summed E-state index contributed by atoms with van der Waals surface area (Å²) in [4.78, 5) is 2.04. The number of hydrogen-bond acceptors (Lipinski definition) is 2. The first-order valence-corrected chi connectivity index (χ1v) is 5.88. The average molecular weight is 244 g/mol. The first-order valence-electron chi connectivity index (χ1n) is 5.88. The highest BCUT2D eigenvalue weighted by Gasteiger charge is 2.09. The lowest BCUT2D eigenvalue weighted by Crippen LogP contribution is -2.19. The highest BCUT2D eigenvalue weighted by atomic mass is 19.1. The monoisotopic (exact) mass is 244 g/mol. The van der Waals surface area contributed by atoms with Crippen LogP contribution in [0, 0.1) is 12.7 Å². The zero-order valence-electron chi connectivity index (χ0n) is 10.7. The van der Waals surface area contributed by atoms with Crippen molar-refractivity contribution in [3.8, 4) is 0 Å². The van der Waals surface area contributed by atoms with Crippen LogP contribution in [-0.4, -0.2) is 7.05 Å². The second-order valence-corrected chi connectivity index (χ2v) is 4.50. The van der Waals surface area contributed by atoms with Crippen LogP contribution in [0.5, 0.6) is 0 Å². The number of nitrogen functional groups attached to an aromatic ring is 1. The minimum absolute atomic E-state index is 0.210. The number of benzene rings is 2. The van der Waals surface area contributed by atoms with Gasteiger partial charge in [-0.1, -0.05) is 24.3 Å². The molecule has 0 unspecified atom stereocenters. The molecule has 0 heterocycles. The van der Waals surface area contributed by atoms with Gasteiger partial charge in [-0.3, -0.25) is 0 Å². The lowest BCUT2D eigenvalue weighted by molar-refractivity contribution is 0.625. The Bertz CT molecular complexity index is 532. The van der Waals surface area contributed by atoms with E-state index in [9.17, 15) is 4.39 Å². The summed E-state index contributed by atoms with van der Waals surface area (Å²) in [5.41, 5.74) is 9.79. The molecule has 2 nitrogen and oxygen atoms in total. The fraction of sp³-hybridized carbons (Fsp3) is 0.200. The van der Waals surface area contributed by atoms with Gasteiger partial charge in [0.05, 0.1) is 11.4 Å². The van der Waals surface area contributed by atoms with Gasteiger partial charge >= 0.3 is 0 Å². The fourth-order valence-electron chi connectivity index (χ4n) is 2.19. The van der Waals surface area contributed by atoms with Crippen molar-refractivity contribution >= 4 is 11.4 Å². The van der Waals surface area contributed by atoms with Gasteiger partial charge in [-0.15, -0.1) is 0 Å². The fourth-order valence-corrected chi connectivity index (χ4v) is 2.19. The molecule has 0 atom stereocenters. The number of hydrogen-bond donors (Lipinski definition) is 1. The van der Waals surface area contributed by atoms with Crippen molar-refractivity contribution in [3.63, 3.8) is 0 Å². The summed E-state index contributed by atoms with van der Waals surface area (Å²) in [7, 11) is 1.96. The topological polar surface area (TPSA) is 29.3 Å². The number of para-hydroxylation sites is 1. The number of rotatable bonds is 3. The van der Waals surface area contributed by atoms with E-state index in [0.717, 1.165) is 22.5 Å². The maximum atomic E-state index is 13.1. The molecule has 0 saturated carbocycles. The van der Waals surface area contributed by atoms with E-state index in [-0.39, 0.29) is 5.82 Å². The quantitative estimate of drug-likeness (QED) is 0.839. The molecule has 0 aliphatic rings. The first-order chi connectivity index (χ1) is 8.58. The molecule has 94 valence electrons. The predicted octanol–water partition coefficient (Wildman–Crippen LogP) is 3.35. The third-order valence-electron chi connectivity index (χ3n) is 2.96. The van der Waals surface area contributed by atoms with E-state index in [4.69, 9.17) is 5.73 Å². The number of nitrogens with two attached hydrogens (primary N) is 1. The van der Waals surface area contributed by atoms with Crippen molar-refractivity contribution < 1.29 is 4.39 Å². The van der Waals surface area contributed by atoms with Gasteiger partial charge in [0.25, 0.3) is 0 Å². The summed E-state index contributed by atoms with van der Waals surface area (Å²) in [5, 5.41) is 0. The summed E-state index contributed by atoms with van der Waals surface area (Å²) in [6.07, 6.45) is 0. The average Bonchev–Trinajstić information content (AvgIpc) is 2.28. The molecule has 0 aromatic heterocycles. The first kappa shape index (κ1) is 12.4. The van der Waals surface area contributed by atoms with Gasteiger partial charge in [-0.25, -0.2) is 4.39 Å². The molecule has 3 heteroatoms. The van der Waals surface area contributed by atoms with Crippen LogP contribution in [-0.2, 0) is 6.54 Å². The van der Waals surface area contributed by atoms with Crippen LogP contribution < -0.4 is 10.6 Å². The lowest BCUT2D eigenvalue weighted by Gasteiger charge is -2.23. The van der Waals surface area contributed by atoms with E-state index in [0.29, 0.717) is 6.54 Å². The molecule has 0 saturated heterocycles. The zero-order chi connectivity index (χ0) is 13.1. The van der Waals surface area contributed by atoms with Crippen LogP contribution in [0.25, 0.3) is 0 Å². The van der Waals surface area contributed by atoms with Crippen molar-refractivity contribution in [1.29, 1.82) is 0 Å². The second-order valence-electron chi connectivity index (χ2n) is 4.50. The Morgan fingerprint density at radius 2 is 1.89 bits per heavy atom. The molecule has 2 N–H and O–H groups in total. The minimum Gasteiger partial charge on any atom is -0.397 e. The lowest BCUT2D eigenvalue weighted by atomic mass is 10.1. The highest BCUT2D eigenvalue weighted by Crippen LogP contribution is 2.27. The van der Waals surface area contributed by atoms with Crippen molar-refractivity contribution in [2.75, 3.05) is 17.7 Å². The third kappa shape index (κ3) is 2.62. The predicted molar refractivity (Wildman–Crippen MR) is 74.1 cm³/mol. The summed E-state index contributed by atoms with van der Waals surface area (Å²) in [6.45, 7) is 2.65. The molecule has 0 radical (unpaired) electrons. The van der Waals surface area contributed by atoms with Gasteiger partial charge in [-0.2, -0.15) is 0 Å². The Labute approximate surface area is 107 Å². The van der Waals surface area contributed by atoms with E-state index in [1.54, 1.807) is 12.1 Å². The number of halogens is 1. The number of anilines is 2. The van der Waals surface area contributed by atoms with Crippen molar-refractivity contribution in [2.24, 2.45) is 0 Å². The summed E-state index contributed by atoms with van der Waals surface area (Å²) in [5.74, 6) is -0.210. The van der Waals surface area contributed by atoms with Crippen LogP contribution in [0.4, 0.5) is 15.8 Å². The Morgan fingerprint density at radius 1 is 1.17 bits per heavy atom. The maximum Gasteiger partial charge on any atom is 0.123 e. The van der Waals surface area contributed by atoms with Gasteiger partial charge in [-0.05, 0) is 36.2 Å². The molecule has 0 spiro atoms. The Morgan fingerprint density at radius 3 is 2.56 bits per heavy atom. The Kier molecular flexibility index (Phi) is 3.51. The smallest absolute Gasteiger partial charge is 0.123 e. The number of nitrogens with zero attached hydrogens (tertiary/aromatic N) is 1. The van der Waals surface area contributed by atoms with Crippen LogP contribution in [0.3, 0.4) is 0 Å². The van der Waals surface area contributed by atoms with Crippen LogP contribution >= 0.6 is 0 Å². The molecule has 18 heavy (non-hydrogen) atoms. The molecular formula is C15H17FN2. The molecule has 2 rings (SSSR count). The largest absolute Gasteiger partial charge is 0.397 e. The summed E-state index contributed by atoms with van der Waals surface area (Å²) in [6, 6.07) is 12.5. The normalized spacial score (nSPS) is 10.4. The van der Waals surface area contributed by atoms with Crippen LogP contribution in [0.15, 0.2) is 42.5 Å². The summed E-state index contributed by atoms with van der Waals surface area (Å²) < 4.78 is 13.1. The van der Waals surface area contributed by atoms with Crippen molar-refractivity contribution in [3.05, 3.63) is 59.4 Å². The zero-order valence-corrected chi connectivity index (χ0v) is 10.7. The summed E-state index contributed by atoms with van der Waals surface area (Å²) >= 11 is 0. The number of aryl methyl sites for hydroxylation is 1. The van der Waals surface area contributed by atoms with Gasteiger partial charge in [0, 0.05) is 13.6 Å². The molecule has 0 amide bonds. The molecule has 2 aromatic rings. The Balaban J connectivity index is 2.25. The minimum atomic E-state index is -0.210. The van der Waals surface area contributed by atoms with Crippen molar-refractivity contribution in [2.45, 2.75) is 13.5 Å². The Hall–Kier alpha value is -2.03. The van der Waals surface area contributed by atoms with Crippen molar-refractivity contribution in [1.82, 2.24) is 0 Å². The SMILES string of the molecule is Cc1cccc(N)c1N(C)Cc1cccc(F)c1. The molecule has 0 aliphatic carbocycles. The highest BCUT2D eigenvalue weighted by molar-refractivity contribution is 5.71. The maximum absolute atomic E-state index is 13.1.